The third-order valence-corrected chi connectivity index (χ3v) is 5.87. The number of hydrogen-bond donors (Lipinski definition) is 3. The standard InChI is InChI=1S/C20H25N3O4S/c24-15(18-13-26-16-4-1-2-5-17(16)27-18)12-23-9-7-14(8-10-23)21-20(25)22-19-6-3-11-28-19/h1-6,11,14-15,18,24H,7-10,12-13H2,(H2,21,22,25). The summed E-state index contributed by atoms with van der Waals surface area (Å²) in [4.78, 5) is 14.3. The molecule has 7 nitrogen and oxygen atoms in total. The molecule has 2 atom stereocenters. The summed E-state index contributed by atoms with van der Waals surface area (Å²) in [7, 11) is 0. The van der Waals surface area contributed by atoms with Crippen molar-refractivity contribution in [2.45, 2.75) is 31.1 Å². The number of ether oxygens (including phenoxy) is 2. The van der Waals surface area contributed by atoms with E-state index in [0.717, 1.165) is 36.7 Å². The smallest absolute Gasteiger partial charge is 0.320 e. The summed E-state index contributed by atoms with van der Waals surface area (Å²) >= 11 is 1.50. The van der Waals surface area contributed by atoms with Crippen molar-refractivity contribution in [1.82, 2.24) is 10.2 Å². The topological polar surface area (TPSA) is 83.1 Å². The van der Waals surface area contributed by atoms with Gasteiger partial charge in [-0.25, -0.2) is 4.79 Å². The number of aliphatic hydroxyl groups is 1. The predicted molar refractivity (Wildman–Crippen MR) is 108 cm³/mol. The van der Waals surface area contributed by atoms with Crippen molar-refractivity contribution in [3.05, 3.63) is 41.8 Å². The Labute approximate surface area is 168 Å². The number of aliphatic hydroxyl groups excluding tert-OH is 1. The minimum Gasteiger partial charge on any atom is -0.486 e. The molecule has 1 fully saturated rings. The summed E-state index contributed by atoms with van der Waals surface area (Å²) in [5.41, 5.74) is 0. The molecular formula is C20H25N3O4S. The number of urea groups is 1. The van der Waals surface area contributed by atoms with Gasteiger partial charge in [0.05, 0.1) is 5.00 Å². The Hall–Kier alpha value is -2.29. The van der Waals surface area contributed by atoms with Gasteiger partial charge in [-0.15, -0.1) is 11.3 Å². The number of carbonyl (C=O) groups excluding carboxylic acids is 1. The highest BCUT2D eigenvalue weighted by atomic mass is 32.1. The van der Waals surface area contributed by atoms with Crippen LogP contribution < -0.4 is 20.1 Å². The van der Waals surface area contributed by atoms with Gasteiger partial charge in [-0.3, -0.25) is 5.32 Å². The molecule has 3 heterocycles. The van der Waals surface area contributed by atoms with Crippen molar-refractivity contribution in [2.24, 2.45) is 0 Å². The molecule has 0 saturated carbocycles. The second-order valence-corrected chi connectivity index (χ2v) is 8.08. The largest absolute Gasteiger partial charge is 0.486 e. The third-order valence-electron chi connectivity index (χ3n) is 5.09. The number of anilines is 1. The van der Waals surface area contributed by atoms with Crippen LogP contribution in [0.1, 0.15) is 12.8 Å². The second kappa shape index (κ2) is 8.81. The number of amides is 2. The first kappa shape index (κ1) is 19.0. The Morgan fingerprint density at radius 1 is 1.21 bits per heavy atom. The molecule has 0 aliphatic carbocycles. The maximum absolute atomic E-state index is 12.0. The normalized spacial score (nSPS) is 21.1. The number of para-hydroxylation sites is 2. The number of nitrogens with one attached hydrogen (secondary N) is 2. The first-order valence-corrected chi connectivity index (χ1v) is 10.5. The molecule has 1 aromatic carbocycles. The molecule has 150 valence electrons. The van der Waals surface area contributed by atoms with Gasteiger partial charge in [0.2, 0.25) is 0 Å². The van der Waals surface area contributed by atoms with Crippen molar-refractivity contribution in [3.63, 3.8) is 0 Å². The fourth-order valence-electron chi connectivity index (χ4n) is 3.55. The Bertz CT molecular complexity index is 778. The van der Waals surface area contributed by atoms with Crippen LogP contribution in [0.15, 0.2) is 41.8 Å². The summed E-state index contributed by atoms with van der Waals surface area (Å²) in [6.07, 6.45) is 0.715. The maximum Gasteiger partial charge on any atom is 0.320 e. The predicted octanol–water partition coefficient (Wildman–Crippen LogP) is 2.53. The monoisotopic (exact) mass is 403 g/mol. The number of benzene rings is 1. The number of nitrogens with zero attached hydrogens (tertiary/aromatic N) is 1. The number of β-amino-alcohol motifs (C(OH)–C–C–N with tert-alkyl or cyclic N) is 1. The van der Waals surface area contributed by atoms with Gasteiger partial charge in [-0.1, -0.05) is 12.1 Å². The molecule has 0 bridgehead atoms. The molecule has 28 heavy (non-hydrogen) atoms. The highest BCUT2D eigenvalue weighted by Crippen LogP contribution is 2.31. The number of thiophene rings is 1. The number of piperidine rings is 1. The minimum atomic E-state index is -0.625. The SMILES string of the molecule is O=C(Nc1cccs1)NC1CCN(CC(O)C2COc3ccccc3O2)CC1. The van der Waals surface area contributed by atoms with E-state index in [1.807, 2.05) is 41.8 Å². The van der Waals surface area contributed by atoms with Crippen molar-refractivity contribution in [1.29, 1.82) is 0 Å². The number of carbonyl (C=O) groups is 1. The van der Waals surface area contributed by atoms with E-state index in [1.54, 1.807) is 0 Å². The Balaban J connectivity index is 1.20. The quantitative estimate of drug-likeness (QED) is 0.715. The van der Waals surface area contributed by atoms with Crippen LogP contribution in [0.4, 0.5) is 9.80 Å². The van der Waals surface area contributed by atoms with Gasteiger partial charge in [0, 0.05) is 25.7 Å². The van der Waals surface area contributed by atoms with Crippen molar-refractivity contribution < 1.29 is 19.4 Å². The van der Waals surface area contributed by atoms with Crippen LogP contribution in [0.2, 0.25) is 0 Å². The van der Waals surface area contributed by atoms with E-state index in [-0.39, 0.29) is 18.2 Å². The molecule has 0 radical (unpaired) electrons. The first-order chi connectivity index (χ1) is 13.7. The van der Waals surface area contributed by atoms with E-state index in [9.17, 15) is 9.90 Å². The molecule has 8 heteroatoms. The van der Waals surface area contributed by atoms with E-state index < -0.39 is 6.10 Å². The van der Waals surface area contributed by atoms with Crippen LogP contribution in [0.25, 0.3) is 0 Å². The zero-order valence-electron chi connectivity index (χ0n) is 15.5. The molecule has 2 aliphatic heterocycles. The average molecular weight is 404 g/mol. The van der Waals surface area contributed by atoms with Crippen molar-refractivity contribution in [2.75, 3.05) is 31.6 Å². The number of likely N-dealkylation sites (tertiary alicyclic amines) is 1. The van der Waals surface area contributed by atoms with Crippen molar-refractivity contribution >= 4 is 22.4 Å². The lowest BCUT2D eigenvalue weighted by molar-refractivity contribution is -0.0282. The van der Waals surface area contributed by atoms with Gasteiger partial charge >= 0.3 is 6.03 Å². The lowest BCUT2D eigenvalue weighted by Crippen LogP contribution is -2.50. The first-order valence-electron chi connectivity index (χ1n) is 9.57. The van der Waals surface area contributed by atoms with E-state index in [4.69, 9.17) is 9.47 Å². The molecule has 1 aromatic heterocycles. The van der Waals surface area contributed by atoms with E-state index in [2.05, 4.69) is 15.5 Å². The molecule has 0 spiro atoms. The van der Waals surface area contributed by atoms with Crippen LogP contribution >= 0.6 is 11.3 Å². The summed E-state index contributed by atoms with van der Waals surface area (Å²) in [6, 6.07) is 11.3. The molecule has 2 unspecified atom stereocenters. The Morgan fingerprint density at radius 2 is 2.00 bits per heavy atom. The van der Waals surface area contributed by atoms with Crippen LogP contribution in [0, 0.1) is 0 Å². The Morgan fingerprint density at radius 3 is 2.75 bits per heavy atom. The number of fused-ring (bicyclic) bond motifs is 1. The van der Waals surface area contributed by atoms with Crippen LogP contribution in [0.5, 0.6) is 11.5 Å². The number of rotatable bonds is 5. The minimum absolute atomic E-state index is 0.148. The molecular weight excluding hydrogens is 378 g/mol. The molecule has 4 rings (SSSR count). The summed E-state index contributed by atoms with van der Waals surface area (Å²) in [5.74, 6) is 1.40. The summed E-state index contributed by atoms with van der Waals surface area (Å²) < 4.78 is 11.6. The Kier molecular flexibility index (Phi) is 5.99. The van der Waals surface area contributed by atoms with Crippen LogP contribution in [-0.4, -0.2) is 60.5 Å². The second-order valence-electron chi connectivity index (χ2n) is 7.13. The molecule has 2 amide bonds. The molecule has 3 N–H and O–H groups in total. The third kappa shape index (κ3) is 4.76. The van der Waals surface area contributed by atoms with Crippen LogP contribution in [-0.2, 0) is 0 Å². The lowest BCUT2D eigenvalue weighted by Gasteiger charge is -2.36. The molecule has 1 saturated heterocycles. The fraction of sp³-hybridized carbons (Fsp3) is 0.450. The van der Waals surface area contributed by atoms with Gasteiger partial charge < -0.3 is 24.8 Å². The average Bonchev–Trinajstić information content (AvgIpc) is 3.22. The highest BCUT2D eigenvalue weighted by Gasteiger charge is 2.30. The van der Waals surface area contributed by atoms with Crippen molar-refractivity contribution in [3.8, 4) is 11.5 Å². The zero-order valence-corrected chi connectivity index (χ0v) is 16.4. The zero-order chi connectivity index (χ0) is 19.3. The summed E-state index contributed by atoms with van der Waals surface area (Å²) in [6.45, 7) is 2.53. The maximum atomic E-state index is 12.0. The molecule has 2 aliphatic rings. The molecule has 2 aromatic rings. The van der Waals surface area contributed by atoms with Gasteiger partial charge in [0.15, 0.2) is 17.6 Å². The van der Waals surface area contributed by atoms with E-state index in [0.29, 0.717) is 18.9 Å². The lowest BCUT2D eigenvalue weighted by atomic mass is 10.0. The van der Waals surface area contributed by atoms with Gasteiger partial charge in [0.25, 0.3) is 0 Å². The van der Waals surface area contributed by atoms with E-state index >= 15 is 0 Å². The van der Waals surface area contributed by atoms with Gasteiger partial charge in [-0.05, 0) is 42.5 Å². The fourth-order valence-corrected chi connectivity index (χ4v) is 4.16. The highest BCUT2D eigenvalue weighted by molar-refractivity contribution is 7.14. The number of hydrogen-bond acceptors (Lipinski definition) is 6. The van der Waals surface area contributed by atoms with Crippen LogP contribution in [0.3, 0.4) is 0 Å². The van der Waals surface area contributed by atoms with Gasteiger partial charge in [0.1, 0.15) is 12.7 Å². The summed E-state index contributed by atoms with van der Waals surface area (Å²) in [5, 5.41) is 19.2. The van der Waals surface area contributed by atoms with E-state index in [1.165, 1.54) is 11.3 Å². The van der Waals surface area contributed by atoms with Gasteiger partial charge in [-0.2, -0.15) is 0 Å².